The molecular formula is C14H21NO2S. The highest BCUT2D eigenvalue weighted by Gasteiger charge is 2.34. The molecule has 4 heteroatoms. The average molecular weight is 267 g/mol. The minimum atomic E-state index is 0.0431. The van der Waals surface area contributed by atoms with Crippen LogP contribution < -0.4 is 0 Å². The van der Waals surface area contributed by atoms with Crippen LogP contribution in [0.3, 0.4) is 0 Å². The number of aromatic nitrogens is 1. The third-order valence-electron chi connectivity index (χ3n) is 3.36. The highest BCUT2D eigenvalue weighted by Crippen LogP contribution is 2.39. The Bertz CT molecular complexity index is 451. The number of Topliss-reactive ketones (excluding diaryl/α,β-unsaturated/α-hetero) is 1. The van der Waals surface area contributed by atoms with Crippen molar-refractivity contribution >= 4 is 17.1 Å². The van der Waals surface area contributed by atoms with Gasteiger partial charge in [0.2, 0.25) is 0 Å². The van der Waals surface area contributed by atoms with Crippen LogP contribution in [-0.2, 0) is 11.2 Å². The van der Waals surface area contributed by atoms with Crippen LogP contribution in [0.4, 0.5) is 0 Å². The van der Waals surface area contributed by atoms with Gasteiger partial charge in [0.05, 0.1) is 10.6 Å². The molecule has 100 valence electrons. The maximum Gasteiger partial charge on any atom is 0.175 e. The van der Waals surface area contributed by atoms with Crippen LogP contribution in [0.5, 0.6) is 0 Å². The van der Waals surface area contributed by atoms with Gasteiger partial charge in [0, 0.05) is 13.5 Å². The van der Waals surface area contributed by atoms with Crippen LogP contribution in [0.25, 0.3) is 0 Å². The fourth-order valence-corrected chi connectivity index (χ4v) is 3.61. The standard InChI is InChI=1S/C14H21NO2S/c1-5-6-11(17-4)13-15-9-7-14(2,3)8-10(16)12(9)18-13/h11H,5-8H2,1-4H3. The zero-order valence-corrected chi connectivity index (χ0v) is 12.4. The summed E-state index contributed by atoms with van der Waals surface area (Å²) < 4.78 is 5.48. The first-order chi connectivity index (χ1) is 8.46. The quantitative estimate of drug-likeness (QED) is 0.833. The Labute approximate surface area is 113 Å². The number of ether oxygens (including phenoxy) is 1. The molecule has 1 aromatic heterocycles. The van der Waals surface area contributed by atoms with Gasteiger partial charge in [-0.25, -0.2) is 4.98 Å². The lowest BCUT2D eigenvalue weighted by Crippen LogP contribution is -2.26. The van der Waals surface area contributed by atoms with Crippen LogP contribution in [0.1, 0.15) is 66.5 Å². The van der Waals surface area contributed by atoms with Crippen LogP contribution in [0.15, 0.2) is 0 Å². The van der Waals surface area contributed by atoms with E-state index in [2.05, 4.69) is 25.8 Å². The molecule has 18 heavy (non-hydrogen) atoms. The predicted molar refractivity (Wildman–Crippen MR) is 73.2 cm³/mol. The number of hydrogen-bond donors (Lipinski definition) is 0. The highest BCUT2D eigenvalue weighted by atomic mass is 32.1. The summed E-state index contributed by atoms with van der Waals surface area (Å²) in [6, 6.07) is 0. The molecule has 0 saturated carbocycles. The number of ketones is 1. The molecule has 1 aliphatic carbocycles. The third kappa shape index (κ3) is 2.64. The Kier molecular flexibility index (Phi) is 3.87. The molecule has 1 atom stereocenters. The summed E-state index contributed by atoms with van der Waals surface area (Å²) in [5.41, 5.74) is 1.03. The maximum absolute atomic E-state index is 12.1. The topological polar surface area (TPSA) is 39.2 Å². The lowest BCUT2D eigenvalue weighted by molar-refractivity contribution is 0.0911. The molecule has 1 aromatic rings. The van der Waals surface area contributed by atoms with Gasteiger partial charge in [0.1, 0.15) is 11.1 Å². The molecule has 2 rings (SSSR count). The van der Waals surface area contributed by atoms with Crippen molar-refractivity contribution in [1.29, 1.82) is 0 Å². The van der Waals surface area contributed by atoms with Crippen molar-refractivity contribution < 1.29 is 9.53 Å². The zero-order chi connectivity index (χ0) is 13.3. The van der Waals surface area contributed by atoms with Crippen molar-refractivity contribution in [1.82, 2.24) is 4.98 Å². The number of carbonyl (C=O) groups excluding carboxylic acids is 1. The van der Waals surface area contributed by atoms with E-state index >= 15 is 0 Å². The maximum atomic E-state index is 12.1. The van der Waals surface area contributed by atoms with Crippen molar-refractivity contribution in [3.63, 3.8) is 0 Å². The summed E-state index contributed by atoms with van der Waals surface area (Å²) >= 11 is 1.53. The number of hydrogen-bond acceptors (Lipinski definition) is 4. The van der Waals surface area contributed by atoms with Gasteiger partial charge in [-0.1, -0.05) is 27.2 Å². The second-order valence-electron chi connectivity index (χ2n) is 5.78. The molecule has 0 aliphatic heterocycles. The number of thiazole rings is 1. The summed E-state index contributed by atoms with van der Waals surface area (Å²) in [6.45, 7) is 6.40. The summed E-state index contributed by atoms with van der Waals surface area (Å²) in [5.74, 6) is 0.247. The first-order valence-electron chi connectivity index (χ1n) is 6.52. The Morgan fingerprint density at radius 3 is 2.78 bits per heavy atom. The Morgan fingerprint density at radius 2 is 2.17 bits per heavy atom. The van der Waals surface area contributed by atoms with Gasteiger partial charge in [-0.2, -0.15) is 0 Å². The molecule has 0 amide bonds. The Hall–Kier alpha value is -0.740. The largest absolute Gasteiger partial charge is 0.374 e. The van der Waals surface area contributed by atoms with E-state index in [-0.39, 0.29) is 17.3 Å². The molecule has 0 fully saturated rings. The van der Waals surface area contributed by atoms with Gasteiger partial charge in [0.25, 0.3) is 0 Å². The molecule has 0 aromatic carbocycles. The molecule has 0 saturated heterocycles. The van der Waals surface area contributed by atoms with Crippen molar-refractivity contribution in [2.45, 2.75) is 52.6 Å². The highest BCUT2D eigenvalue weighted by molar-refractivity contribution is 7.14. The van der Waals surface area contributed by atoms with Crippen LogP contribution in [-0.4, -0.2) is 17.9 Å². The van der Waals surface area contributed by atoms with Crippen molar-refractivity contribution in [2.24, 2.45) is 5.41 Å². The van der Waals surface area contributed by atoms with Gasteiger partial charge < -0.3 is 4.74 Å². The van der Waals surface area contributed by atoms with E-state index in [1.807, 2.05) is 0 Å². The monoisotopic (exact) mass is 267 g/mol. The fourth-order valence-electron chi connectivity index (χ4n) is 2.48. The molecule has 1 unspecified atom stereocenters. The molecular weight excluding hydrogens is 246 g/mol. The molecule has 0 radical (unpaired) electrons. The average Bonchev–Trinajstić information content (AvgIpc) is 2.67. The number of nitrogens with zero attached hydrogens (tertiary/aromatic N) is 1. The number of carbonyl (C=O) groups is 1. The fraction of sp³-hybridized carbons (Fsp3) is 0.714. The first kappa shape index (κ1) is 13.7. The summed E-state index contributed by atoms with van der Waals surface area (Å²) in [4.78, 5) is 17.6. The van der Waals surface area contributed by atoms with Gasteiger partial charge in [-0.3, -0.25) is 4.79 Å². The van der Waals surface area contributed by atoms with E-state index < -0.39 is 0 Å². The molecule has 0 bridgehead atoms. The number of rotatable bonds is 4. The van der Waals surface area contributed by atoms with Gasteiger partial charge in [-0.05, 0) is 18.3 Å². The van der Waals surface area contributed by atoms with Crippen LogP contribution in [0, 0.1) is 5.41 Å². The minimum Gasteiger partial charge on any atom is -0.374 e. The van der Waals surface area contributed by atoms with Gasteiger partial charge in [-0.15, -0.1) is 11.3 Å². The van der Waals surface area contributed by atoms with Gasteiger partial charge >= 0.3 is 0 Å². The Balaban J connectivity index is 2.31. The first-order valence-corrected chi connectivity index (χ1v) is 7.34. The molecule has 1 aliphatic rings. The third-order valence-corrected chi connectivity index (χ3v) is 4.59. The van der Waals surface area contributed by atoms with E-state index in [1.165, 1.54) is 11.3 Å². The molecule has 0 spiro atoms. The summed E-state index contributed by atoms with van der Waals surface area (Å²) in [5, 5.41) is 0.968. The van der Waals surface area contributed by atoms with Gasteiger partial charge in [0.15, 0.2) is 5.78 Å². The molecule has 3 nitrogen and oxygen atoms in total. The lowest BCUT2D eigenvalue weighted by Gasteiger charge is -2.26. The Morgan fingerprint density at radius 1 is 1.44 bits per heavy atom. The SMILES string of the molecule is CCCC(OC)c1nc2c(s1)C(=O)CC(C)(C)C2. The van der Waals surface area contributed by atoms with Crippen LogP contribution in [0.2, 0.25) is 0 Å². The summed E-state index contributed by atoms with van der Waals surface area (Å²) in [7, 11) is 1.71. The molecule has 1 heterocycles. The predicted octanol–water partition coefficient (Wildman–Crippen LogP) is 3.79. The van der Waals surface area contributed by atoms with Crippen molar-refractivity contribution in [2.75, 3.05) is 7.11 Å². The van der Waals surface area contributed by atoms with E-state index in [1.54, 1.807) is 7.11 Å². The number of fused-ring (bicyclic) bond motifs is 1. The minimum absolute atomic E-state index is 0.0431. The second-order valence-corrected chi connectivity index (χ2v) is 6.81. The smallest absolute Gasteiger partial charge is 0.175 e. The van der Waals surface area contributed by atoms with Crippen LogP contribution >= 0.6 is 11.3 Å². The second kappa shape index (κ2) is 5.10. The van der Waals surface area contributed by atoms with E-state index in [9.17, 15) is 4.79 Å². The van der Waals surface area contributed by atoms with E-state index in [4.69, 9.17) is 4.74 Å². The van der Waals surface area contributed by atoms with E-state index in [0.717, 1.165) is 34.8 Å². The lowest BCUT2D eigenvalue weighted by atomic mass is 9.78. The summed E-state index contributed by atoms with van der Waals surface area (Å²) in [6.07, 6.45) is 3.59. The zero-order valence-electron chi connectivity index (χ0n) is 11.6. The van der Waals surface area contributed by atoms with E-state index in [0.29, 0.717) is 6.42 Å². The normalized spacial score (nSPS) is 19.7. The number of methoxy groups -OCH3 is 1. The molecule has 0 N–H and O–H groups in total. The van der Waals surface area contributed by atoms with Crippen molar-refractivity contribution in [3.8, 4) is 0 Å². The van der Waals surface area contributed by atoms with Crippen molar-refractivity contribution in [3.05, 3.63) is 15.6 Å².